The number of aryl methyl sites for hydroxylation is 2. The van der Waals surface area contributed by atoms with Crippen LogP contribution in [-0.4, -0.2) is 11.4 Å². The molecule has 0 bridgehead atoms. The van der Waals surface area contributed by atoms with Gasteiger partial charge in [0.25, 0.3) is 0 Å². The third kappa shape index (κ3) is 7.32. The number of nitrogens with zero attached hydrogens (tertiary/aromatic N) is 2. The molecular formula is C58H52N2. The van der Waals surface area contributed by atoms with Gasteiger partial charge in [0.05, 0.1) is 22.8 Å². The van der Waals surface area contributed by atoms with Gasteiger partial charge in [-0.3, -0.25) is 0 Å². The third-order valence-electron chi connectivity index (χ3n) is 12.8. The van der Waals surface area contributed by atoms with E-state index in [2.05, 4.69) is 224 Å². The van der Waals surface area contributed by atoms with Gasteiger partial charge in [-0.15, -0.1) is 0 Å². The maximum absolute atomic E-state index is 5.98. The van der Waals surface area contributed by atoms with E-state index in [1.807, 2.05) is 0 Å². The predicted molar refractivity (Wildman–Crippen MR) is 255 cm³/mol. The molecule has 0 spiro atoms. The van der Waals surface area contributed by atoms with Crippen molar-refractivity contribution in [3.63, 3.8) is 0 Å². The lowest BCUT2D eigenvalue weighted by atomic mass is 9.84. The van der Waals surface area contributed by atoms with Crippen molar-refractivity contribution >= 4 is 33.6 Å². The quantitative estimate of drug-likeness (QED) is 0.132. The molecule has 294 valence electrons. The summed E-state index contributed by atoms with van der Waals surface area (Å²) in [7, 11) is 0. The fourth-order valence-corrected chi connectivity index (χ4v) is 9.38. The van der Waals surface area contributed by atoms with Gasteiger partial charge >= 0.3 is 0 Å². The van der Waals surface area contributed by atoms with Gasteiger partial charge in [0, 0.05) is 40.2 Å². The van der Waals surface area contributed by atoms with Crippen LogP contribution in [0.5, 0.6) is 0 Å². The number of hydrogen-bond acceptors (Lipinski definition) is 2. The van der Waals surface area contributed by atoms with Gasteiger partial charge in [-0.25, -0.2) is 9.98 Å². The van der Waals surface area contributed by atoms with Gasteiger partial charge in [-0.05, 0) is 63.7 Å². The zero-order valence-corrected chi connectivity index (χ0v) is 35.5. The van der Waals surface area contributed by atoms with Gasteiger partial charge in [0.15, 0.2) is 0 Å². The highest BCUT2D eigenvalue weighted by molar-refractivity contribution is 6.61. The lowest BCUT2D eigenvalue weighted by molar-refractivity contribution is 0.883. The maximum atomic E-state index is 5.98. The Hall–Kier alpha value is -6.64. The van der Waals surface area contributed by atoms with E-state index in [0.717, 1.165) is 33.9 Å². The van der Waals surface area contributed by atoms with E-state index in [0.29, 0.717) is 0 Å². The molecule has 2 nitrogen and oxygen atoms in total. The van der Waals surface area contributed by atoms with Crippen LogP contribution in [-0.2, 0) is 0 Å². The van der Waals surface area contributed by atoms with Crippen LogP contribution in [0.15, 0.2) is 192 Å². The van der Waals surface area contributed by atoms with Gasteiger partial charge in [-0.1, -0.05) is 221 Å². The van der Waals surface area contributed by atoms with E-state index in [4.69, 9.17) is 9.98 Å². The molecule has 0 saturated heterocycles. The van der Waals surface area contributed by atoms with E-state index >= 15 is 0 Å². The summed E-state index contributed by atoms with van der Waals surface area (Å²) in [5.74, 6) is 0.448. The lowest BCUT2D eigenvalue weighted by Crippen LogP contribution is -2.13. The molecule has 4 atom stereocenters. The molecule has 8 aromatic rings. The lowest BCUT2D eigenvalue weighted by Gasteiger charge is -2.24. The van der Waals surface area contributed by atoms with Gasteiger partial charge in [-0.2, -0.15) is 0 Å². The molecule has 1 aliphatic rings. The smallest absolute Gasteiger partial charge is 0.0979 e. The first-order valence-corrected chi connectivity index (χ1v) is 21.5. The Morgan fingerprint density at radius 1 is 0.333 bits per heavy atom. The monoisotopic (exact) mass is 776 g/mol. The van der Waals surface area contributed by atoms with Crippen LogP contribution in [0, 0.1) is 13.8 Å². The second kappa shape index (κ2) is 16.5. The molecule has 0 aromatic heterocycles. The summed E-state index contributed by atoms with van der Waals surface area (Å²) in [5, 5.41) is 2.41. The van der Waals surface area contributed by atoms with Crippen molar-refractivity contribution in [3.8, 4) is 0 Å². The number of benzene rings is 8. The molecule has 0 amide bonds. The number of rotatable bonds is 10. The van der Waals surface area contributed by atoms with E-state index in [1.165, 1.54) is 66.4 Å². The van der Waals surface area contributed by atoms with Crippen LogP contribution in [0.2, 0.25) is 0 Å². The largest absolute Gasteiger partial charge is 0.245 e. The maximum Gasteiger partial charge on any atom is 0.0979 e. The Morgan fingerprint density at radius 3 is 0.900 bits per heavy atom. The Kier molecular flexibility index (Phi) is 10.7. The standard InChI is InChI=1S/C58H52N2/c1-37-33-50(39(3)43-21-11-7-12-22-43)55(51(34-37)40(4)44-23-13-8-14-24-44)59-57-48-31-19-29-47-30-20-32-49(54(47)48)58(57)60-56-52(41(5)45-25-15-9-16-26-45)35-38(2)36-53(56)42(6)46-27-17-10-18-28-46/h7-36,39-42H,1-6H3/t39-,40-,41-,42-/m1/s1. The molecule has 0 fully saturated rings. The first-order chi connectivity index (χ1) is 29.3. The minimum absolute atomic E-state index is 0.112. The summed E-state index contributed by atoms with van der Waals surface area (Å²) in [6.45, 7) is 13.7. The molecule has 0 aliphatic heterocycles. The van der Waals surface area contributed by atoms with Crippen molar-refractivity contribution < 1.29 is 0 Å². The van der Waals surface area contributed by atoms with Gasteiger partial charge in [0.2, 0.25) is 0 Å². The Bertz CT molecular complexity index is 2540. The third-order valence-corrected chi connectivity index (χ3v) is 12.8. The summed E-state index contributed by atoms with van der Waals surface area (Å²) in [4.78, 5) is 12.0. The van der Waals surface area contributed by atoms with Crippen molar-refractivity contribution in [1.29, 1.82) is 0 Å². The summed E-state index contributed by atoms with van der Waals surface area (Å²) < 4.78 is 0. The fourth-order valence-electron chi connectivity index (χ4n) is 9.38. The zero-order chi connectivity index (χ0) is 41.3. The number of hydrogen-bond donors (Lipinski definition) is 0. The molecule has 0 N–H and O–H groups in total. The molecule has 1 aliphatic carbocycles. The van der Waals surface area contributed by atoms with Crippen LogP contribution in [0.4, 0.5) is 11.4 Å². The molecule has 2 heteroatoms. The summed E-state index contributed by atoms with van der Waals surface area (Å²) in [5.41, 5.74) is 18.6. The van der Waals surface area contributed by atoms with E-state index in [-0.39, 0.29) is 23.7 Å². The van der Waals surface area contributed by atoms with Crippen LogP contribution in [0.3, 0.4) is 0 Å². The normalized spacial score (nSPS) is 15.6. The van der Waals surface area contributed by atoms with E-state index in [1.54, 1.807) is 0 Å². The van der Waals surface area contributed by atoms with Gasteiger partial charge < -0.3 is 0 Å². The van der Waals surface area contributed by atoms with Crippen molar-refractivity contribution in [1.82, 2.24) is 0 Å². The van der Waals surface area contributed by atoms with Crippen molar-refractivity contribution in [2.24, 2.45) is 9.98 Å². The number of aliphatic imine (C=N–C) groups is 2. The highest BCUT2D eigenvalue weighted by Gasteiger charge is 2.31. The molecule has 0 radical (unpaired) electrons. The van der Waals surface area contributed by atoms with E-state index < -0.39 is 0 Å². The van der Waals surface area contributed by atoms with Crippen LogP contribution in [0.1, 0.15) is 118 Å². The Balaban J connectivity index is 1.35. The first-order valence-electron chi connectivity index (χ1n) is 21.5. The topological polar surface area (TPSA) is 24.7 Å². The first kappa shape index (κ1) is 38.9. The molecule has 9 rings (SSSR count). The van der Waals surface area contributed by atoms with E-state index in [9.17, 15) is 0 Å². The average Bonchev–Trinajstić information content (AvgIpc) is 3.59. The fraction of sp³-hybridized carbons (Fsp3) is 0.172. The van der Waals surface area contributed by atoms with Crippen LogP contribution >= 0.6 is 0 Å². The molecule has 0 unspecified atom stereocenters. The Morgan fingerprint density at radius 2 is 0.617 bits per heavy atom. The highest BCUT2D eigenvalue weighted by atomic mass is 14.9. The van der Waals surface area contributed by atoms with Crippen molar-refractivity contribution in [2.45, 2.75) is 65.2 Å². The van der Waals surface area contributed by atoms with Crippen LogP contribution in [0.25, 0.3) is 10.8 Å². The summed E-state index contributed by atoms with van der Waals surface area (Å²) in [6, 6.07) is 66.2. The average molecular weight is 777 g/mol. The molecule has 60 heavy (non-hydrogen) atoms. The minimum Gasteiger partial charge on any atom is -0.245 e. The Labute approximate surface area is 356 Å². The second-order valence-corrected chi connectivity index (χ2v) is 16.7. The summed E-state index contributed by atoms with van der Waals surface area (Å²) in [6.07, 6.45) is 0. The molecule has 8 aromatic carbocycles. The zero-order valence-electron chi connectivity index (χ0n) is 35.5. The predicted octanol–water partition coefficient (Wildman–Crippen LogP) is 15.3. The second-order valence-electron chi connectivity index (χ2n) is 16.7. The molecule has 0 saturated carbocycles. The van der Waals surface area contributed by atoms with Crippen molar-refractivity contribution in [2.75, 3.05) is 0 Å². The van der Waals surface area contributed by atoms with Crippen molar-refractivity contribution in [3.05, 3.63) is 249 Å². The molecular weight excluding hydrogens is 725 g/mol. The van der Waals surface area contributed by atoms with Crippen LogP contribution < -0.4 is 0 Å². The highest BCUT2D eigenvalue weighted by Crippen LogP contribution is 2.45. The van der Waals surface area contributed by atoms with Gasteiger partial charge in [0.1, 0.15) is 0 Å². The SMILES string of the molecule is Cc1cc([C@H](C)c2ccccc2)c(N=C2C(=Nc3c([C@H](C)c4ccccc4)cc(C)cc3[C@H](C)c3ccccc3)c3cccc4cccc2c34)c([C@H](C)c2ccccc2)c1. The summed E-state index contributed by atoms with van der Waals surface area (Å²) >= 11 is 0. The molecule has 0 heterocycles. The minimum atomic E-state index is 0.112.